The first kappa shape index (κ1) is 15.1. The van der Waals surface area contributed by atoms with Crippen LogP contribution in [-0.2, 0) is 9.53 Å². The molecular weight excluding hydrogens is 248 g/mol. The molecule has 1 aromatic heterocycles. The SMILES string of the molecule is CC(C)[C@@H](NC(=O)c1cn[nH]n1)C(=O)OC(C)(C)C. The Bertz CT molecular complexity index is 434. The molecule has 0 aromatic carbocycles. The second-order valence-electron chi connectivity index (χ2n) is 5.58. The van der Waals surface area contributed by atoms with Gasteiger partial charge in [-0.2, -0.15) is 15.4 Å². The maximum absolute atomic E-state index is 12.0. The summed E-state index contributed by atoms with van der Waals surface area (Å²) >= 11 is 0. The van der Waals surface area contributed by atoms with E-state index in [-0.39, 0.29) is 11.6 Å². The molecule has 1 aromatic rings. The van der Waals surface area contributed by atoms with E-state index < -0.39 is 23.5 Å². The Morgan fingerprint density at radius 1 is 1.37 bits per heavy atom. The minimum atomic E-state index is -0.719. The molecule has 0 fully saturated rings. The molecule has 0 saturated heterocycles. The molecule has 1 rings (SSSR count). The van der Waals surface area contributed by atoms with Gasteiger partial charge in [0.2, 0.25) is 0 Å². The van der Waals surface area contributed by atoms with E-state index >= 15 is 0 Å². The highest BCUT2D eigenvalue weighted by Gasteiger charge is 2.29. The lowest BCUT2D eigenvalue weighted by Crippen LogP contribution is -2.47. The van der Waals surface area contributed by atoms with E-state index in [4.69, 9.17) is 4.74 Å². The average molecular weight is 268 g/mol. The quantitative estimate of drug-likeness (QED) is 0.791. The molecule has 1 heterocycles. The van der Waals surface area contributed by atoms with Gasteiger partial charge in [-0.25, -0.2) is 4.79 Å². The summed E-state index contributed by atoms with van der Waals surface area (Å²) in [5, 5.41) is 12.2. The van der Waals surface area contributed by atoms with Crippen LogP contribution in [0, 0.1) is 5.92 Å². The first-order chi connectivity index (χ1) is 8.70. The third-order valence-electron chi connectivity index (χ3n) is 2.26. The predicted octanol–water partition coefficient (Wildman–Crippen LogP) is 0.901. The fraction of sp³-hybridized carbons (Fsp3) is 0.667. The monoisotopic (exact) mass is 268 g/mol. The smallest absolute Gasteiger partial charge is 0.329 e. The van der Waals surface area contributed by atoms with E-state index in [1.165, 1.54) is 6.20 Å². The van der Waals surface area contributed by atoms with Gasteiger partial charge in [0.1, 0.15) is 11.6 Å². The van der Waals surface area contributed by atoms with E-state index in [0.717, 1.165) is 0 Å². The number of nitrogens with zero attached hydrogens (tertiary/aromatic N) is 2. The number of carbonyl (C=O) groups is 2. The minimum absolute atomic E-state index is 0.0919. The van der Waals surface area contributed by atoms with Gasteiger partial charge in [-0.3, -0.25) is 4.79 Å². The van der Waals surface area contributed by atoms with Gasteiger partial charge in [0.05, 0.1) is 6.20 Å². The second-order valence-corrected chi connectivity index (χ2v) is 5.58. The summed E-state index contributed by atoms with van der Waals surface area (Å²) in [4.78, 5) is 23.9. The van der Waals surface area contributed by atoms with Crippen molar-refractivity contribution < 1.29 is 14.3 Å². The number of hydrogen-bond donors (Lipinski definition) is 2. The lowest BCUT2D eigenvalue weighted by Gasteiger charge is -2.26. The number of aromatic nitrogens is 3. The minimum Gasteiger partial charge on any atom is -0.458 e. The van der Waals surface area contributed by atoms with Crippen LogP contribution >= 0.6 is 0 Å². The van der Waals surface area contributed by atoms with Crippen LogP contribution in [0.5, 0.6) is 0 Å². The molecule has 19 heavy (non-hydrogen) atoms. The molecule has 0 bridgehead atoms. The number of aromatic amines is 1. The van der Waals surface area contributed by atoms with Crippen LogP contribution in [0.1, 0.15) is 45.1 Å². The third-order valence-corrected chi connectivity index (χ3v) is 2.26. The van der Waals surface area contributed by atoms with E-state index in [1.54, 1.807) is 20.8 Å². The molecule has 0 unspecified atom stereocenters. The summed E-state index contributed by atoms with van der Waals surface area (Å²) in [7, 11) is 0. The van der Waals surface area contributed by atoms with Gasteiger partial charge in [0, 0.05) is 0 Å². The Morgan fingerprint density at radius 3 is 2.42 bits per heavy atom. The molecule has 7 nitrogen and oxygen atoms in total. The number of esters is 1. The Morgan fingerprint density at radius 2 is 2.00 bits per heavy atom. The van der Waals surface area contributed by atoms with E-state index in [2.05, 4.69) is 20.7 Å². The number of amides is 1. The zero-order chi connectivity index (χ0) is 14.6. The molecule has 2 N–H and O–H groups in total. The highest BCUT2D eigenvalue weighted by atomic mass is 16.6. The molecule has 0 saturated carbocycles. The van der Waals surface area contributed by atoms with Crippen molar-refractivity contribution in [2.45, 2.75) is 46.3 Å². The van der Waals surface area contributed by atoms with Crippen LogP contribution in [-0.4, -0.2) is 38.9 Å². The summed E-state index contributed by atoms with van der Waals surface area (Å²) in [6, 6.07) is -0.719. The number of ether oxygens (including phenoxy) is 1. The first-order valence-electron chi connectivity index (χ1n) is 6.10. The second kappa shape index (κ2) is 5.81. The molecule has 0 aliphatic carbocycles. The predicted molar refractivity (Wildman–Crippen MR) is 68.3 cm³/mol. The van der Waals surface area contributed by atoms with Crippen LogP contribution in [0.2, 0.25) is 0 Å². The Balaban J connectivity index is 2.73. The van der Waals surface area contributed by atoms with Crippen LogP contribution in [0.4, 0.5) is 0 Å². The summed E-state index contributed by atoms with van der Waals surface area (Å²) < 4.78 is 5.28. The lowest BCUT2D eigenvalue weighted by molar-refractivity contribution is -0.158. The standard InChI is InChI=1S/C12H20N4O3/c1-7(2)9(11(18)19-12(3,4)5)14-10(17)8-6-13-16-15-8/h6-7,9H,1-5H3,(H,14,17)(H,13,15,16)/t9-/m1/s1. The number of nitrogens with one attached hydrogen (secondary N) is 2. The van der Waals surface area contributed by atoms with Crippen molar-refractivity contribution in [2.24, 2.45) is 5.92 Å². The summed E-state index contributed by atoms with van der Waals surface area (Å²) in [5.41, 5.74) is -0.461. The zero-order valence-corrected chi connectivity index (χ0v) is 11.9. The molecule has 0 spiro atoms. The van der Waals surface area contributed by atoms with Gasteiger partial charge >= 0.3 is 5.97 Å². The van der Waals surface area contributed by atoms with Crippen LogP contribution in [0.15, 0.2) is 6.20 Å². The van der Waals surface area contributed by atoms with Crippen LogP contribution in [0.25, 0.3) is 0 Å². The summed E-state index contributed by atoms with van der Waals surface area (Å²) in [6.45, 7) is 9.00. The highest BCUT2D eigenvalue weighted by molar-refractivity contribution is 5.94. The van der Waals surface area contributed by atoms with Crippen LogP contribution in [0.3, 0.4) is 0 Å². The third kappa shape index (κ3) is 4.69. The van der Waals surface area contributed by atoms with E-state index in [1.807, 2.05) is 13.8 Å². The number of hydrogen-bond acceptors (Lipinski definition) is 5. The van der Waals surface area contributed by atoms with Crippen molar-refractivity contribution in [3.05, 3.63) is 11.9 Å². The normalized spacial score (nSPS) is 13.2. The maximum Gasteiger partial charge on any atom is 0.329 e. The van der Waals surface area contributed by atoms with Crippen molar-refractivity contribution in [3.8, 4) is 0 Å². The summed E-state index contributed by atoms with van der Waals surface area (Å²) in [6.07, 6.45) is 1.29. The fourth-order valence-electron chi connectivity index (χ4n) is 1.39. The molecule has 7 heteroatoms. The molecular formula is C12H20N4O3. The fourth-order valence-corrected chi connectivity index (χ4v) is 1.39. The van der Waals surface area contributed by atoms with Crippen LogP contribution < -0.4 is 5.32 Å². The molecule has 1 amide bonds. The summed E-state index contributed by atoms with van der Waals surface area (Å²) in [5.74, 6) is -1.01. The van der Waals surface area contributed by atoms with Crippen molar-refractivity contribution in [1.82, 2.24) is 20.7 Å². The molecule has 106 valence electrons. The van der Waals surface area contributed by atoms with Gasteiger partial charge in [-0.1, -0.05) is 13.8 Å². The molecule has 1 atom stereocenters. The van der Waals surface area contributed by atoms with E-state index in [0.29, 0.717) is 0 Å². The lowest BCUT2D eigenvalue weighted by atomic mass is 10.0. The topological polar surface area (TPSA) is 97.0 Å². The number of carbonyl (C=O) groups excluding carboxylic acids is 2. The van der Waals surface area contributed by atoms with Crippen molar-refractivity contribution in [3.63, 3.8) is 0 Å². The van der Waals surface area contributed by atoms with Gasteiger partial charge in [0.15, 0.2) is 5.69 Å². The highest BCUT2D eigenvalue weighted by Crippen LogP contribution is 2.12. The first-order valence-corrected chi connectivity index (χ1v) is 6.10. The Kier molecular flexibility index (Phi) is 4.63. The van der Waals surface area contributed by atoms with Crippen molar-refractivity contribution in [1.29, 1.82) is 0 Å². The molecule has 0 radical (unpaired) electrons. The van der Waals surface area contributed by atoms with Gasteiger partial charge in [-0.05, 0) is 26.7 Å². The Hall–Kier alpha value is -1.92. The van der Waals surface area contributed by atoms with Crippen molar-refractivity contribution >= 4 is 11.9 Å². The van der Waals surface area contributed by atoms with E-state index in [9.17, 15) is 9.59 Å². The Labute approximate surface area is 112 Å². The average Bonchev–Trinajstić information content (AvgIpc) is 2.75. The number of H-pyrrole nitrogens is 1. The number of rotatable bonds is 4. The maximum atomic E-state index is 12.0. The van der Waals surface area contributed by atoms with Gasteiger partial charge in [0.25, 0.3) is 5.91 Å². The molecule has 0 aliphatic rings. The van der Waals surface area contributed by atoms with Gasteiger partial charge < -0.3 is 10.1 Å². The zero-order valence-electron chi connectivity index (χ0n) is 11.9. The van der Waals surface area contributed by atoms with Gasteiger partial charge in [-0.15, -0.1) is 0 Å². The van der Waals surface area contributed by atoms with Crippen molar-refractivity contribution in [2.75, 3.05) is 0 Å². The largest absolute Gasteiger partial charge is 0.458 e. The molecule has 0 aliphatic heterocycles.